The third-order valence-electron chi connectivity index (χ3n) is 3.77. The Morgan fingerprint density at radius 1 is 1.36 bits per heavy atom. The number of morpholine rings is 1. The number of hydrogen-bond acceptors (Lipinski definition) is 4. The van der Waals surface area contributed by atoms with Crippen LogP contribution >= 0.6 is 0 Å². The zero-order chi connectivity index (χ0) is 16.4. The zero-order valence-corrected chi connectivity index (χ0v) is 14.0. The highest BCUT2D eigenvalue weighted by Crippen LogP contribution is 2.22. The van der Waals surface area contributed by atoms with Crippen LogP contribution in [0.2, 0.25) is 0 Å². The molecule has 1 aromatic rings. The van der Waals surface area contributed by atoms with Gasteiger partial charge in [0.1, 0.15) is 0 Å². The lowest BCUT2D eigenvalue weighted by Crippen LogP contribution is -2.59. The molecule has 0 bridgehead atoms. The minimum Gasteiger partial charge on any atom is -0.363 e. The number of nitrogens with zero attached hydrogens (tertiary/aromatic N) is 2. The van der Waals surface area contributed by atoms with Gasteiger partial charge in [-0.1, -0.05) is 30.3 Å². The van der Waals surface area contributed by atoms with Crippen molar-refractivity contribution in [2.75, 3.05) is 33.0 Å². The topological polar surface area (TPSA) is 66.9 Å². The normalized spacial score (nSPS) is 23.2. The van der Waals surface area contributed by atoms with Gasteiger partial charge in [-0.15, -0.1) is 0 Å². The van der Waals surface area contributed by atoms with E-state index < -0.39 is 15.6 Å². The van der Waals surface area contributed by atoms with Crippen LogP contribution in [0.15, 0.2) is 30.3 Å². The van der Waals surface area contributed by atoms with Crippen molar-refractivity contribution in [3.8, 4) is 0 Å². The van der Waals surface area contributed by atoms with E-state index in [-0.39, 0.29) is 25.6 Å². The maximum Gasteiger partial charge on any atom is 0.255 e. The van der Waals surface area contributed by atoms with E-state index >= 15 is 0 Å². The van der Waals surface area contributed by atoms with Gasteiger partial charge in [-0.2, -0.15) is 4.31 Å². The van der Waals surface area contributed by atoms with Crippen LogP contribution < -0.4 is 0 Å². The number of amides is 1. The number of carbonyl (C=O) groups is 1. The van der Waals surface area contributed by atoms with E-state index in [0.29, 0.717) is 6.54 Å². The summed E-state index contributed by atoms with van der Waals surface area (Å²) < 4.78 is 30.3. The van der Waals surface area contributed by atoms with Crippen molar-refractivity contribution in [2.24, 2.45) is 0 Å². The molecular weight excluding hydrogens is 304 g/mol. The average molecular weight is 326 g/mol. The molecule has 0 aliphatic carbocycles. The monoisotopic (exact) mass is 326 g/mol. The first-order valence-electron chi connectivity index (χ1n) is 7.11. The number of ether oxygens (including phenoxy) is 1. The third kappa shape index (κ3) is 3.85. The second-order valence-corrected chi connectivity index (χ2v) is 7.81. The molecule has 0 spiro atoms. The van der Waals surface area contributed by atoms with Gasteiger partial charge in [0.2, 0.25) is 10.0 Å². The van der Waals surface area contributed by atoms with Gasteiger partial charge in [-0.05, 0) is 12.5 Å². The van der Waals surface area contributed by atoms with Gasteiger partial charge >= 0.3 is 0 Å². The number of rotatable bonds is 4. The second-order valence-electron chi connectivity index (χ2n) is 5.82. The van der Waals surface area contributed by atoms with E-state index in [9.17, 15) is 13.2 Å². The Kier molecular flexibility index (Phi) is 4.89. The summed E-state index contributed by atoms with van der Waals surface area (Å²) >= 11 is 0. The molecule has 6 nitrogen and oxygen atoms in total. The fraction of sp³-hybridized carbons (Fsp3) is 0.533. The van der Waals surface area contributed by atoms with E-state index in [1.54, 1.807) is 18.9 Å². The number of benzene rings is 1. The molecule has 1 aromatic carbocycles. The van der Waals surface area contributed by atoms with Crippen molar-refractivity contribution < 1.29 is 17.9 Å². The molecule has 122 valence electrons. The Labute approximate surface area is 131 Å². The molecule has 0 aromatic heterocycles. The Morgan fingerprint density at radius 2 is 2.00 bits per heavy atom. The Balaban J connectivity index is 2.10. The smallest absolute Gasteiger partial charge is 0.255 e. The molecule has 0 N–H and O–H groups in total. The van der Waals surface area contributed by atoms with Crippen LogP contribution in [0.3, 0.4) is 0 Å². The van der Waals surface area contributed by atoms with Gasteiger partial charge in [0.25, 0.3) is 5.91 Å². The van der Waals surface area contributed by atoms with Gasteiger partial charge in [0.15, 0.2) is 5.60 Å². The highest BCUT2D eigenvalue weighted by molar-refractivity contribution is 7.88. The van der Waals surface area contributed by atoms with E-state index in [1.807, 2.05) is 30.3 Å². The summed E-state index contributed by atoms with van der Waals surface area (Å²) in [4.78, 5) is 14.2. The lowest BCUT2D eigenvalue weighted by Gasteiger charge is -2.40. The first kappa shape index (κ1) is 16.9. The van der Waals surface area contributed by atoms with E-state index in [0.717, 1.165) is 11.8 Å². The molecule has 1 fully saturated rings. The van der Waals surface area contributed by atoms with Crippen LogP contribution in [-0.2, 0) is 26.1 Å². The highest BCUT2D eigenvalue weighted by Gasteiger charge is 2.43. The van der Waals surface area contributed by atoms with Crippen molar-refractivity contribution in [3.63, 3.8) is 0 Å². The molecule has 7 heteroatoms. The number of likely N-dealkylation sites (N-methyl/N-ethyl adjacent to an activating group) is 1. The Hall–Kier alpha value is -1.44. The summed E-state index contributed by atoms with van der Waals surface area (Å²) in [6.07, 6.45) is 1.15. The standard InChI is InChI=1S/C15H22N2O4S/c1-15(12-17(9-10-21-15)22(3,19)20)14(18)16(2)11-13-7-5-4-6-8-13/h4-8H,9-12H2,1-3H3/t15-/m0/s1. The van der Waals surface area contributed by atoms with Crippen molar-refractivity contribution in [1.29, 1.82) is 0 Å². The van der Waals surface area contributed by atoms with Crippen LogP contribution in [-0.4, -0.2) is 62.1 Å². The molecule has 1 amide bonds. The molecule has 0 saturated carbocycles. The molecule has 2 rings (SSSR count). The SMILES string of the molecule is CN(Cc1ccccc1)C(=O)[C@]1(C)CN(S(C)(=O)=O)CCO1. The molecule has 1 aliphatic heterocycles. The summed E-state index contributed by atoms with van der Waals surface area (Å²) in [5.74, 6) is -0.218. The van der Waals surface area contributed by atoms with Crippen LogP contribution in [0.5, 0.6) is 0 Å². The summed E-state index contributed by atoms with van der Waals surface area (Å²) in [7, 11) is -1.63. The average Bonchev–Trinajstić information content (AvgIpc) is 2.46. The fourth-order valence-electron chi connectivity index (χ4n) is 2.58. The summed E-state index contributed by atoms with van der Waals surface area (Å²) in [6, 6.07) is 9.63. The minimum atomic E-state index is -3.33. The third-order valence-corrected chi connectivity index (χ3v) is 5.02. The van der Waals surface area contributed by atoms with Gasteiger partial charge in [-0.3, -0.25) is 4.79 Å². The van der Waals surface area contributed by atoms with Crippen molar-refractivity contribution in [2.45, 2.75) is 19.1 Å². The van der Waals surface area contributed by atoms with Crippen LogP contribution in [0, 0.1) is 0 Å². The Bertz CT molecular complexity index is 632. The molecule has 1 heterocycles. The molecule has 22 heavy (non-hydrogen) atoms. The Morgan fingerprint density at radius 3 is 2.59 bits per heavy atom. The first-order chi connectivity index (χ1) is 10.2. The second kappa shape index (κ2) is 6.36. The number of hydrogen-bond donors (Lipinski definition) is 0. The fourth-order valence-corrected chi connectivity index (χ4v) is 3.47. The van der Waals surface area contributed by atoms with Gasteiger partial charge in [0, 0.05) is 20.1 Å². The van der Waals surface area contributed by atoms with E-state index in [4.69, 9.17) is 4.74 Å². The van der Waals surface area contributed by atoms with Gasteiger partial charge in [-0.25, -0.2) is 8.42 Å². The maximum atomic E-state index is 12.7. The lowest BCUT2D eigenvalue weighted by atomic mass is 10.0. The summed E-state index contributed by atoms with van der Waals surface area (Å²) in [6.45, 7) is 2.65. The molecule has 0 radical (unpaired) electrons. The van der Waals surface area contributed by atoms with Crippen molar-refractivity contribution in [3.05, 3.63) is 35.9 Å². The predicted octanol–water partition coefficient (Wildman–Crippen LogP) is 0.696. The van der Waals surface area contributed by atoms with E-state index in [2.05, 4.69) is 0 Å². The van der Waals surface area contributed by atoms with E-state index in [1.165, 1.54) is 4.31 Å². The predicted molar refractivity (Wildman–Crippen MR) is 83.7 cm³/mol. The minimum absolute atomic E-state index is 0.0454. The molecule has 1 atom stereocenters. The number of sulfonamides is 1. The zero-order valence-electron chi connectivity index (χ0n) is 13.2. The van der Waals surface area contributed by atoms with Gasteiger partial charge < -0.3 is 9.64 Å². The maximum absolute atomic E-state index is 12.7. The molecule has 0 unspecified atom stereocenters. The highest BCUT2D eigenvalue weighted by atomic mass is 32.2. The molecular formula is C15H22N2O4S. The number of carbonyl (C=O) groups excluding carboxylic acids is 1. The van der Waals surface area contributed by atoms with Crippen LogP contribution in [0.4, 0.5) is 0 Å². The van der Waals surface area contributed by atoms with Crippen LogP contribution in [0.1, 0.15) is 12.5 Å². The quantitative estimate of drug-likeness (QED) is 0.817. The summed E-state index contributed by atoms with van der Waals surface area (Å²) in [5.41, 5.74) is -0.136. The largest absolute Gasteiger partial charge is 0.363 e. The van der Waals surface area contributed by atoms with Crippen molar-refractivity contribution in [1.82, 2.24) is 9.21 Å². The van der Waals surface area contributed by atoms with Crippen molar-refractivity contribution >= 4 is 15.9 Å². The van der Waals surface area contributed by atoms with Gasteiger partial charge in [0.05, 0.1) is 19.4 Å². The lowest BCUT2D eigenvalue weighted by molar-refractivity contribution is -0.162. The molecule has 1 aliphatic rings. The molecule has 1 saturated heterocycles. The first-order valence-corrected chi connectivity index (χ1v) is 8.96. The van der Waals surface area contributed by atoms with Crippen LogP contribution in [0.25, 0.3) is 0 Å². The summed E-state index contributed by atoms with van der Waals surface area (Å²) in [5, 5.41) is 0.